The lowest BCUT2D eigenvalue weighted by molar-refractivity contribution is -0.903. The Balaban J connectivity index is 0.00000484. The molecule has 0 unspecified atom stereocenters. The van der Waals surface area contributed by atoms with Crippen molar-refractivity contribution in [2.75, 3.05) is 20.6 Å². The van der Waals surface area contributed by atoms with Gasteiger partial charge in [-0.3, -0.25) is 0 Å². The average molecular weight is 322 g/mol. The zero-order chi connectivity index (χ0) is 16.1. The van der Waals surface area contributed by atoms with Crippen molar-refractivity contribution in [3.8, 4) is 0 Å². The first-order valence-electron chi connectivity index (χ1n) is 9.50. The van der Waals surface area contributed by atoms with E-state index in [2.05, 4.69) is 51.4 Å². The highest BCUT2D eigenvalue weighted by Crippen LogP contribution is 2.13. The molecule has 1 N–H and O–H groups in total. The minimum absolute atomic E-state index is 0. The molecule has 2 nitrogen and oxygen atoms in total. The predicted molar refractivity (Wildman–Crippen MR) is 101 cm³/mol. The van der Waals surface area contributed by atoms with E-state index in [-0.39, 0.29) is 5.48 Å². The Morgan fingerprint density at radius 2 is 1.17 bits per heavy atom. The molecule has 0 fully saturated rings. The van der Waals surface area contributed by atoms with Gasteiger partial charge in [0.05, 0.1) is 20.6 Å². The summed E-state index contributed by atoms with van der Waals surface area (Å²) in [4.78, 5) is 0. The Hall–Kier alpha value is -0.860. The predicted octanol–water partition coefficient (Wildman–Crippen LogP) is 6.01. The van der Waals surface area contributed by atoms with Crippen molar-refractivity contribution in [3.63, 3.8) is 0 Å². The van der Waals surface area contributed by atoms with Crippen molar-refractivity contribution >= 4 is 0 Å². The minimum atomic E-state index is 0. The molecule has 0 atom stereocenters. The third-order valence-corrected chi connectivity index (χ3v) is 4.57. The molecule has 0 aliphatic heterocycles. The van der Waals surface area contributed by atoms with Gasteiger partial charge in [-0.15, -0.1) is 0 Å². The van der Waals surface area contributed by atoms with Crippen LogP contribution < -0.4 is 0 Å². The SMILES string of the molecule is CCCCCCCCCCCC[N+](C)(C)Cc1ccccc1.[OH-]. The highest BCUT2D eigenvalue weighted by Gasteiger charge is 2.14. The van der Waals surface area contributed by atoms with Crippen LogP contribution in [0, 0.1) is 0 Å². The standard InChI is InChI=1S/C21H38N.H2O/c1-4-5-6-7-8-9-10-11-12-16-19-22(2,3)20-21-17-14-13-15-18-21;/h13-15,17-18H,4-12,16,19-20H2,1-3H3;1H2/q+1;/p-1. The zero-order valence-electron chi connectivity index (χ0n) is 15.8. The maximum absolute atomic E-state index is 2.36. The van der Waals surface area contributed by atoms with Crippen LogP contribution in [-0.2, 0) is 6.54 Å². The van der Waals surface area contributed by atoms with Crippen molar-refractivity contribution < 1.29 is 9.96 Å². The van der Waals surface area contributed by atoms with Crippen LogP contribution in [0.3, 0.4) is 0 Å². The zero-order valence-corrected chi connectivity index (χ0v) is 15.8. The normalized spacial score (nSPS) is 11.3. The molecule has 0 spiro atoms. The first-order valence-corrected chi connectivity index (χ1v) is 9.50. The summed E-state index contributed by atoms with van der Waals surface area (Å²) in [5.41, 5.74) is 1.46. The lowest BCUT2D eigenvalue weighted by Crippen LogP contribution is -2.39. The number of nitrogens with zero attached hydrogens (tertiary/aromatic N) is 1. The second kappa shape index (κ2) is 13.6. The second-order valence-electron chi connectivity index (χ2n) is 7.49. The molecule has 0 bridgehead atoms. The highest BCUT2D eigenvalue weighted by molar-refractivity contribution is 5.13. The molecule has 1 aromatic rings. The molecule has 0 saturated carbocycles. The summed E-state index contributed by atoms with van der Waals surface area (Å²) in [7, 11) is 4.72. The smallest absolute Gasteiger partial charge is 0.104 e. The van der Waals surface area contributed by atoms with Crippen LogP contribution in [0.2, 0.25) is 0 Å². The lowest BCUT2D eigenvalue weighted by Gasteiger charge is -2.30. The lowest BCUT2D eigenvalue weighted by atomic mass is 10.1. The van der Waals surface area contributed by atoms with E-state index in [9.17, 15) is 0 Å². The molecular formula is C21H39NO. The molecule has 0 aliphatic carbocycles. The summed E-state index contributed by atoms with van der Waals surface area (Å²) in [6, 6.07) is 10.9. The fourth-order valence-electron chi connectivity index (χ4n) is 3.18. The topological polar surface area (TPSA) is 30.0 Å². The van der Waals surface area contributed by atoms with Crippen LogP contribution in [0.5, 0.6) is 0 Å². The van der Waals surface area contributed by atoms with E-state index in [1.807, 2.05) is 0 Å². The van der Waals surface area contributed by atoms with Gasteiger partial charge in [0.2, 0.25) is 0 Å². The summed E-state index contributed by atoms with van der Waals surface area (Å²) in [5, 5.41) is 0. The van der Waals surface area contributed by atoms with E-state index in [1.54, 1.807) is 0 Å². The summed E-state index contributed by atoms with van der Waals surface area (Å²) in [5.74, 6) is 0. The maximum Gasteiger partial charge on any atom is 0.104 e. The van der Waals surface area contributed by atoms with Gasteiger partial charge in [-0.05, 0) is 12.8 Å². The Bertz CT molecular complexity index is 361. The van der Waals surface area contributed by atoms with E-state index < -0.39 is 0 Å². The number of benzene rings is 1. The second-order valence-corrected chi connectivity index (χ2v) is 7.49. The van der Waals surface area contributed by atoms with E-state index in [4.69, 9.17) is 0 Å². The van der Waals surface area contributed by atoms with Crippen molar-refractivity contribution in [2.24, 2.45) is 0 Å². The number of quaternary nitrogens is 1. The largest absolute Gasteiger partial charge is 0.870 e. The first-order chi connectivity index (χ1) is 10.6. The van der Waals surface area contributed by atoms with Gasteiger partial charge in [-0.2, -0.15) is 0 Å². The monoisotopic (exact) mass is 321 g/mol. The number of rotatable bonds is 13. The van der Waals surface area contributed by atoms with Crippen molar-refractivity contribution in [3.05, 3.63) is 35.9 Å². The average Bonchev–Trinajstić information content (AvgIpc) is 2.49. The van der Waals surface area contributed by atoms with Gasteiger partial charge in [0.1, 0.15) is 6.54 Å². The van der Waals surface area contributed by atoms with Gasteiger partial charge in [0.25, 0.3) is 0 Å². The van der Waals surface area contributed by atoms with E-state index >= 15 is 0 Å². The Morgan fingerprint density at radius 3 is 1.70 bits per heavy atom. The summed E-state index contributed by atoms with van der Waals surface area (Å²) in [6.45, 7) is 4.74. The third-order valence-electron chi connectivity index (χ3n) is 4.57. The molecular weight excluding hydrogens is 282 g/mol. The van der Waals surface area contributed by atoms with Crippen LogP contribution in [0.25, 0.3) is 0 Å². The van der Waals surface area contributed by atoms with E-state index in [0.29, 0.717) is 0 Å². The highest BCUT2D eigenvalue weighted by atomic mass is 16.0. The molecule has 1 rings (SSSR count). The fraction of sp³-hybridized carbons (Fsp3) is 0.714. The van der Waals surface area contributed by atoms with Crippen LogP contribution in [0.1, 0.15) is 76.7 Å². The molecule has 0 amide bonds. The fourth-order valence-corrected chi connectivity index (χ4v) is 3.18. The van der Waals surface area contributed by atoms with Crippen LogP contribution in [0.15, 0.2) is 30.3 Å². The third kappa shape index (κ3) is 12.3. The van der Waals surface area contributed by atoms with Crippen molar-refractivity contribution in [2.45, 2.75) is 77.7 Å². The van der Waals surface area contributed by atoms with Gasteiger partial charge in [-0.1, -0.05) is 88.6 Å². The van der Waals surface area contributed by atoms with Gasteiger partial charge < -0.3 is 9.96 Å². The summed E-state index contributed by atoms with van der Waals surface area (Å²) < 4.78 is 1.11. The number of hydrogen-bond donors (Lipinski definition) is 0. The van der Waals surface area contributed by atoms with Gasteiger partial charge in [0.15, 0.2) is 0 Å². The number of unbranched alkanes of at least 4 members (excludes halogenated alkanes) is 9. The molecule has 2 heteroatoms. The molecule has 134 valence electrons. The van der Waals surface area contributed by atoms with Crippen molar-refractivity contribution in [1.82, 2.24) is 0 Å². The maximum atomic E-state index is 2.36. The van der Waals surface area contributed by atoms with Crippen LogP contribution in [0.4, 0.5) is 0 Å². The van der Waals surface area contributed by atoms with E-state index in [0.717, 1.165) is 11.0 Å². The molecule has 0 aliphatic rings. The summed E-state index contributed by atoms with van der Waals surface area (Å²) in [6.07, 6.45) is 14.2. The Morgan fingerprint density at radius 1 is 0.696 bits per heavy atom. The summed E-state index contributed by atoms with van der Waals surface area (Å²) >= 11 is 0. The van der Waals surface area contributed by atoms with Crippen molar-refractivity contribution in [1.29, 1.82) is 0 Å². The Labute approximate surface area is 144 Å². The van der Waals surface area contributed by atoms with Gasteiger partial charge in [-0.25, -0.2) is 0 Å². The first kappa shape index (κ1) is 22.1. The number of hydrogen-bond acceptors (Lipinski definition) is 1. The molecule has 0 saturated heterocycles. The minimum Gasteiger partial charge on any atom is -0.870 e. The quantitative estimate of drug-likeness (QED) is 0.323. The van der Waals surface area contributed by atoms with Gasteiger partial charge >= 0.3 is 0 Å². The molecule has 0 heterocycles. The Kier molecular flexibility index (Phi) is 13.1. The van der Waals surface area contributed by atoms with Gasteiger partial charge in [0, 0.05) is 5.56 Å². The van der Waals surface area contributed by atoms with Crippen LogP contribution >= 0.6 is 0 Å². The van der Waals surface area contributed by atoms with Crippen LogP contribution in [-0.4, -0.2) is 30.6 Å². The molecule has 0 aromatic heterocycles. The molecule has 1 aromatic carbocycles. The molecule has 23 heavy (non-hydrogen) atoms. The van der Waals surface area contributed by atoms with E-state index in [1.165, 1.54) is 76.3 Å². The molecule has 0 radical (unpaired) electrons.